The molecule has 2 aromatic rings. The summed E-state index contributed by atoms with van der Waals surface area (Å²) >= 11 is 10.8. The van der Waals surface area contributed by atoms with E-state index in [1.165, 1.54) is 10.6 Å². The molecule has 0 heterocycles. The third kappa shape index (κ3) is 4.33. The molecule has 4 nitrogen and oxygen atoms in total. The van der Waals surface area contributed by atoms with Crippen LogP contribution in [0.25, 0.3) is 0 Å². The maximum atomic E-state index is 13.9. The monoisotopic (exact) mass is 444 g/mol. The van der Waals surface area contributed by atoms with Gasteiger partial charge in [0.2, 0.25) is 0 Å². The van der Waals surface area contributed by atoms with Crippen molar-refractivity contribution in [3.05, 3.63) is 58.1 Å². The molecule has 0 fully saturated rings. The number of hydrogen-bond acceptors (Lipinski definition) is 2. The molecule has 0 radical (unpaired) electrons. The van der Waals surface area contributed by atoms with Gasteiger partial charge in [-0.1, -0.05) is 23.2 Å². The van der Waals surface area contributed by atoms with E-state index >= 15 is 0 Å². The Labute approximate surface area is 163 Å². The second-order valence-electron chi connectivity index (χ2n) is 5.31. The Balaban J connectivity index is 2.20. The van der Waals surface area contributed by atoms with Crippen LogP contribution in [0.4, 0.5) is 37.7 Å². The maximum Gasteiger partial charge on any atom is 0.396 e. The number of nitrogens with one attached hydrogen (secondary N) is 2. The zero-order valence-corrected chi connectivity index (χ0v) is 14.8. The van der Waals surface area contributed by atoms with E-state index in [0.29, 0.717) is 24.3 Å². The predicted octanol–water partition coefficient (Wildman–Crippen LogP) is 5.12. The molecule has 2 amide bonds. The molecule has 0 bridgehead atoms. The van der Waals surface area contributed by atoms with Crippen molar-refractivity contribution < 1.29 is 35.9 Å². The van der Waals surface area contributed by atoms with Crippen LogP contribution in [0.15, 0.2) is 36.4 Å². The molecule has 150 valence electrons. The molecule has 0 aliphatic heterocycles. The van der Waals surface area contributed by atoms with Crippen LogP contribution in [0.2, 0.25) is 10.0 Å². The number of anilines is 2. The molecule has 0 saturated carbocycles. The number of alkyl halides is 4. The van der Waals surface area contributed by atoms with Gasteiger partial charge in [-0.2, -0.15) is 17.6 Å². The Morgan fingerprint density at radius 3 is 1.32 bits per heavy atom. The first kappa shape index (κ1) is 21.8. The summed E-state index contributed by atoms with van der Waals surface area (Å²) in [4.78, 5) is 23.2. The predicted molar refractivity (Wildman–Crippen MR) is 90.0 cm³/mol. The van der Waals surface area contributed by atoms with Crippen molar-refractivity contribution in [2.75, 3.05) is 10.6 Å². The highest BCUT2D eigenvalue weighted by molar-refractivity contribution is 6.31. The van der Waals surface area contributed by atoms with Crippen molar-refractivity contribution in [3.8, 4) is 0 Å². The molecule has 0 unspecified atom stereocenters. The van der Waals surface area contributed by atoms with Gasteiger partial charge in [0.1, 0.15) is 11.6 Å². The molecule has 2 aromatic carbocycles. The van der Waals surface area contributed by atoms with Gasteiger partial charge in [0.25, 0.3) is 0 Å². The number of benzene rings is 2. The minimum atomic E-state index is -5.50. The topological polar surface area (TPSA) is 58.2 Å². The van der Waals surface area contributed by atoms with Gasteiger partial charge in [-0.15, -0.1) is 0 Å². The molecule has 0 aliphatic carbocycles. The highest BCUT2D eigenvalue weighted by Crippen LogP contribution is 2.37. The van der Waals surface area contributed by atoms with Gasteiger partial charge in [0, 0.05) is 11.4 Å². The van der Waals surface area contributed by atoms with Gasteiger partial charge in [0.15, 0.2) is 0 Å². The highest BCUT2D eigenvalue weighted by Gasteiger charge is 2.67. The van der Waals surface area contributed by atoms with Crippen molar-refractivity contribution in [2.24, 2.45) is 0 Å². The average molecular weight is 445 g/mol. The van der Waals surface area contributed by atoms with Crippen molar-refractivity contribution in [2.45, 2.75) is 11.8 Å². The van der Waals surface area contributed by atoms with Crippen LogP contribution in [0.1, 0.15) is 0 Å². The number of hydrogen-bond donors (Lipinski definition) is 2. The van der Waals surface area contributed by atoms with Gasteiger partial charge in [-0.3, -0.25) is 9.59 Å². The highest BCUT2D eigenvalue weighted by atomic mass is 35.5. The smallest absolute Gasteiger partial charge is 0.321 e. The number of rotatable bonds is 5. The summed E-state index contributed by atoms with van der Waals surface area (Å²) in [6, 6.07) is 4.44. The van der Waals surface area contributed by atoms with Crippen molar-refractivity contribution in [1.29, 1.82) is 0 Å². The molecular weight excluding hydrogens is 437 g/mol. The number of amides is 2. The van der Waals surface area contributed by atoms with E-state index in [2.05, 4.69) is 0 Å². The minimum Gasteiger partial charge on any atom is -0.321 e. The summed E-state index contributed by atoms with van der Waals surface area (Å²) < 4.78 is 81.8. The Hall–Kier alpha value is -2.46. The molecular formula is C16H8Cl2F6N2O2. The second kappa shape index (κ2) is 7.88. The third-order valence-electron chi connectivity index (χ3n) is 3.32. The van der Waals surface area contributed by atoms with Crippen molar-refractivity contribution in [3.63, 3.8) is 0 Å². The second-order valence-corrected chi connectivity index (χ2v) is 6.13. The molecule has 12 heteroatoms. The first-order chi connectivity index (χ1) is 12.9. The fraction of sp³-hybridized carbons (Fsp3) is 0.125. The summed E-state index contributed by atoms with van der Waals surface area (Å²) in [5.74, 6) is -17.9. The van der Waals surface area contributed by atoms with E-state index in [0.717, 1.165) is 12.1 Å². The third-order valence-corrected chi connectivity index (χ3v) is 3.90. The molecule has 2 rings (SSSR count). The summed E-state index contributed by atoms with van der Waals surface area (Å²) in [7, 11) is 0. The van der Waals surface area contributed by atoms with Crippen LogP contribution in [-0.4, -0.2) is 23.7 Å². The Morgan fingerprint density at radius 1 is 0.714 bits per heavy atom. The van der Waals surface area contributed by atoms with Gasteiger partial charge in [-0.25, -0.2) is 8.78 Å². The lowest BCUT2D eigenvalue weighted by Crippen LogP contribution is -2.56. The van der Waals surface area contributed by atoms with Crippen LogP contribution in [-0.2, 0) is 9.59 Å². The van der Waals surface area contributed by atoms with Crippen LogP contribution in [0, 0.1) is 11.6 Å². The summed E-state index contributed by atoms with van der Waals surface area (Å²) in [6.45, 7) is 0. The van der Waals surface area contributed by atoms with E-state index in [1.807, 2.05) is 0 Å². The quantitative estimate of drug-likeness (QED) is 0.628. The van der Waals surface area contributed by atoms with E-state index in [1.54, 1.807) is 0 Å². The zero-order valence-electron chi connectivity index (χ0n) is 13.3. The lowest BCUT2D eigenvalue weighted by atomic mass is 10.1. The molecule has 0 aliphatic rings. The lowest BCUT2D eigenvalue weighted by molar-refractivity contribution is -0.204. The molecule has 2 N–H and O–H groups in total. The van der Waals surface area contributed by atoms with Crippen molar-refractivity contribution in [1.82, 2.24) is 0 Å². The number of carbonyl (C=O) groups is 2. The lowest BCUT2D eigenvalue weighted by Gasteiger charge is -2.24. The van der Waals surface area contributed by atoms with Gasteiger partial charge >= 0.3 is 23.7 Å². The molecule has 0 atom stereocenters. The fourth-order valence-electron chi connectivity index (χ4n) is 1.85. The van der Waals surface area contributed by atoms with Crippen LogP contribution >= 0.6 is 23.2 Å². The van der Waals surface area contributed by atoms with Crippen LogP contribution in [0.5, 0.6) is 0 Å². The van der Waals surface area contributed by atoms with Crippen molar-refractivity contribution >= 4 is 46.4 Å². The molecule has 0 aromatic heterocycles. The fourth-order valence-corrected chi connectivity index (χ4v) is 2.21. The Morgan fingerprint density at radius 2 is 1.04 bits per heavy atom. The normalized spacial score (nSPS) is 11.9. The Bertz CT molecular complexity index is 864. The maximum absolute atomic E-state index is 13.9. The van der Waals surface area contributed by atoms with E-state index in [4.69, 9.17) is 23.2 Å². The van der Waals surface area contributed by atoms with Gasteiger partial charge in [0.05, 0.1) is 10.0 Å². The summed E-state index contributed by atoms with van der Waals surface area (Å²) in [5, 5.41) is 1.73. The SMILES string of the molecule is O=C(Nc1ccc(F)c(Cl)c1)C(F)(F)C(F)(F)C(=O)Nc1ccc(F)c(Cl)c1. The molecule has 0 spiro atoms. The first-order valence-electron chi connectivity index (χ1n) is 7.15. The largest absolute Gasteiger partial charge is 0.396 e. The molecule has 0 saturated heterocycles. The van der Waals surface area contributed by atoms with Gasteiger partial charge < -0.3 is 10.6 Å². The number of halogens is 8. The zero-order chi connectivity index (χ0) is 21.3. The standard InChI is InChI=1S/C16H8Cl2F6N2O2/c17-9-5-7(1-3-11(9)19)25-13(27)15(21,22)16(23,24)14(28)26-8-2-4-12(20)10(18)6-8/h1-6H,(H,25,27)(H,26,28). The first-order valence-corrected chi connectivity index (χ1v) is 7.90. The van der Waals surface area contributed by atoms with E-state index in [9.17, 15) is 35.9 Å². The number of carbonyl (C=O) groups excluding carboxylic acids is 2. The summed E-state index contributed by atoms with van der Waals surface area (Å²) in [6.07, 6.45) is 0. The summed E-state index contributed by atoms with van der Waals surface area (Å²) in [5.41, 5.74) is -1.00. The Kier molecular flexibility index (Phi) is 6.15. The van der Waals surface area contributed by atoms with E-state index < -0.39 is 56.7 Å². The average Bonchev–Trinajstić information content (AvgIpc) is 2.61. The minimum absolute atomic E-state index is 0.502. The van der Waals surface area contributed by atoms with E-state index in [-0.39, 0.29) is 0 Å². The van der Waals surface area contributed by atoms with Crippen LogP contribution in [0.3, 0.4) is 0 Å². The van der Waals surface area contributed by atoms with Gasteiger partial charge in [-0.05, 0) is 36.4 Å². The molecule has 28 heavy (non-hydrogen) atoms. The van der Waals surface area contributed by atoms with Crippen LogP contribution < -0.4 is 10.6 Å².